The molecular formula is C13H14F3N5O2. The Balaban J connectivity index is 1.82. The van der Waals surface area contributed by atoms with Crippen LogP contribution in [0.4, 0.5) is 19.0 Å². The van der Waals surface area contributed by atoms with Crippen LogP contribution < -0.4 is 5.32 Å². The minimum absolute atomic E-state index is 0.110. The first-order valence-corrected chi connectivity index (χ1v) is 7.12. The molecule has 7 nitrogen and oxygen atoms in total. The molecule has 10 heteroatoms. The van der Waals surface area contributed by atoms with E-state index in [-0.39, 0.29) is 23.6 Å². The molecule has 23 heavy (non-hydrogen) atoms. The number of alkyl halides is 3. The molecule has 2 heterocycles. The van der Waals surface area contributed by atoms with Crippen LogP contribution in [0.3, 0.4) is 0 Å². The number of hydrogen-bond donors (Lipinski definition) is 2. The summed E-state index contributed by atoms with van der Waals surface area (Å²) in [5.41, 5.74) is -1.04. The van der Waals surface area contributed by atoms with E-state index in [2.05, 4.69) is 20.4 Å². The monoisotopic (exact) mass is 329 g/mol. The zero-order valence-electron chi connectivity index (χ0n) is 11.9. The van der Waals surface area contributed by atoms with E-state index in [9.17, 15) is 18.0 Å². The van der Waals surface area contributed by atoms with Gasteiger partial charge in [-0.15, -0.1) is 0 Å². The summed E-state index contributed by atoms with van der Waals surface area (Å²) in [4.78, 5) is 18.1. The van der Waals surface area contributed by atoms with Crippen LogP contribution in [0.25, 0.3) is 5.78 Å². The third kappa shape index (κ3) is 3.20. The first-order valence-electron chi connectivity index (χ1n) is 7.12. The molecule has 1 saturated carbocycles. The molecule has 0 unspecified atom stereocenters. The lowest BCUT2D eigenvalue weighted by atomic mass is 9.86. The lowest BCUT2D eigenvalue weighted by molar-refractivity contribution is -0.143. The van der Waals surface area contributed by atoms with Crippen molar-refractivity contribution < 1.29 is 23.1 Å². The number of fused-ring (bicyclic) bond motifs is 1. The van der Waals surface area contributed by atoms with E-state index in [1.165, 1.54) is 4.52 Å². The van der Waals surface area contributed by atoms with Gasteiger partial charge in [-0.25, -0.2) is 4.98 Å². The van der Waals surface area contributed by atoms with Crippen molar-refractivity contribution in [3.8, 4) is 0 Å². The van der Waals surface area contributed by atoms with Crippen LogP contribution in [0.5, 0.6) is 0 Å². The lowest BCUT2D eigenvalue weighted by Gasteiger charge is -2.27. The fourth-order valence-corrected chi connectivity index (χ4v) is 2.75. The second kappa shape index (κ2) is 5.67. The lowest BCUT2D eigenvalue weighted by Crippen LogP contribution is -2.30. The molecule has 0 spiro atoms. The van der Waals surface area contributed by atoms with E-state index < -0.39 is 17.8 Å². The molecule has 0 radical (unpaired) electrons. The number of rotatable bonds is 3. The van der Waals surface area contributed by atoms with Gasteiger partial charge in [0.05, 0.1) is 5.92 Å². The number of anilines is 1. The fourth-order valence-electron chi connectivity index (χ4n) is 2.75. The Morgan fingerprint density at radius 1 is 1.30 bits per heavy atom. The Kier molecular flexibility index (Phi) is 3.82. The summed E-state index contributed by atoms with van der Waals surface area (Å²) < 4.78 is 39.9. The van der Waals surface area contributed by atoms with Crippen molar-refractivity contribution in [3.63, 3.8) is 0 Å². The summed E-state index contributed by atoms with van der Waals surface area (Å²) in [6, 6.07) is 0.784. The standard InChI is InChI=1S/C13H14F3N5O2/c14-13(15,16)9-5-10(21-12(20-9)17-6-18-21)19-8-3-1-7(2-4-8)11(22)23/h5-8,19H,1-4H2,(H,22,23). The maximum atomic E-state index is 12.9. The number of carboxylic acids is 1. The Morgan fingerprint density at radius 2 is 2.00 bits per heavy atom. The van der Waals surface area contributed by atoms with Gasteiger partial charge >= 0.3 is 12.1 Å². The number of carboxylic acid groups (broad SMARTS) is 1. The maximum absolute atomic E-state index is 12.9. The molecule has 2 aromatic heterocycles. The van der Waals surface area contributed by atoms with Gasteiger partial charge in [-0.1, -0.05) is 0 Å². The predicted octanol–water partition coefficient (Wildman–Crippen LogP) is 2.20. The van der Waals surface area contributed by atoms with Gasteiger partial charge in [0.2, 0.25) is 0 Å². The number of aromatic nitrogens is 4. The molecule has 3 rings (SSSR count). The number of nitrogens with zero attached hydrogens (tertiary/aromatic N) is 4. The summed E-state index contributed by atoms with van der Waals surface area (Å²) in [5, 5.41) is 15.9. The average Bonchev–Trinajstić information content (AvgIpc) is 2.95. The van der Waals surface area contributed by atoms with Crippen LogP contribution in [-0.4, -0.2) is 36.7 Å². The van der Waals surface area contributed by atoms with Crippen molar-refractivity contribution in [2.24, 2.45) is 5.92 Å². The van der Waals surface area contributed by atoms with Crippen LogP contribution in [0.1, 0.15) is 31.4 Å². The van der Waals surface area contributed by atoms with Crippen LogP contribution in [-0.2, 0) is 11.0 Å². The number of nitrogens with one attached hydrogen (secondary N) is 1. The summed E-state index contributed by atoms with van der Waals surface area (Å²) in [6.45, 7) is 0. The summed E-state index contributed by atoms with van der Waals surface area (Å²) in [6.07, 6.45) is -1.33. The highest BCUT2D eigenvalue weighted by Crippen LogP contribution is 2.31. The Morgan fingerprint density at radius 3 is 2.61 bits per heavy atom. The molecule has 0 bridgehead atoms. The summed E-state index contributed by atoms with van der Waals surface area (Å²) in [5.74, 6) is -1.20. The van der Waals surface area contributed by atoms with Crippen molar-refractivity contribution in [2.45, 2.75) is 37.9 Å². The second-order valence-electron chi connectivity index (χ2n) is 5.53. The van der Waals surface area contributed by atoms with Gasteiger partial charge in [0.15, 0.2) is 5.69 Å². The van der Waals surface area contributed by atoms with E-state index in [4.69, 9.17) is 5.11 Å². The van der Waals surface area contributed by atoms with Crippen LogP contribution in [0.2, 0.25) is 0 Å². The zero-order valence-corrected chi connectivity index (χ0v) is 11.9. The van der Waals surface area contributed by atoms with Gasteiger partial charge in [-0.05, 0) is 25.7 Å². The van der Waals surface area contributed by atoms with E-state index in [0.717, 1.165) is 12.4 Å². The average molecular weight is 329 g/mol. The number of hydrogen-bond acceptors (Lipinski definition) is 5. The molecule has 2 N–H and O–H groups in total. The van der Waals surface area contributed by atoms with Crippen molar-refractivity contribution in [1.82, 2.24) is 19.6 Å². The van der Waals surface area contributed by atoms with E-state index in [1.54, 1.807) is 0 Å². The largest absolute Gasteiger partial charge is 0.481 e. The summed E-state index contributed by atoms with van der Waals surface area (Å²) in [7, 11) is 0. The van der Waals surface area contributed by atoms with Crippen LogP contribution in [0, 0.1) is 5.92 Å². The van der Waals surface area contributed by atoms with Gasteiger partial charge in [0, 0.05) is 12.1 Å². The van der Waals surface area contributed by atoms with Gasteiger partial charge < -0.3 is 10.4 Å². The fraction of sp³-hybridized carbons (Fsp3) is 0.538. The van der Waals surface area contributed by atoms with Crippen molar-refractivity contribution in [3.05, 3.63) is 18.1 Å². The maximum Gasteiger partial charge on any atom is 0.433 e. The molecule has 1 aliphatic carbocycles. The highest BCUT2D eigenvalue weighted by molar-refractivity contribution is 5.70. The molecule has 0 saturated heterocycles. The topological polar surface area (TPSA) is 92.4 Å². The minimum Gasteiger partial charge on any atom is -0.481 e. The zero-order chi connectivity index (χ0) is 16.6. The number of carbonyl (C=O) groups is 1. The number of aliphatic carboxylic acids is 1. The molecule has 1 aliphatic rings. The van der Waals surface area contributed by atoms with E-state index in [1.807, 2.05) is 0 Å². The quantitative estimate of drug-likeness (QED) is 0.897. The predicted molar refractivity (Wildman–Crippen MR) is 72.8 cm³/mol. The van der Waals surface area contributed by atoms with Gasteiger partial charge in [-0.3, -0.25) is 4.79 Å². The van der Waals surface area contributed by atoms with Gasteiger partial charge in [0.25, 0.3) is 5.78 Å². The Hall–Kier alpha value is -2.39. The third-order valence-corrected chi connectivity index (χ3v) is 3.97. The molecule has 1 fully saturated rings. The first kappa shape index (κ1) is 15.5. The smallest absolute Gasteiger partial charge is 0.433 e. The van der Waals surface area contributed by atoms with Crippen molar-refractivity contribution >= 4 is 17.6 Å². The molecular weight excluding hydrogens is 315 g/mol. The van der Waals surface area contributed by atoms with Crippen LogP contribution in [0.15, 0.2) is 12.4 Å². The minimum atomic E-state index is -4.58. The second-order valence-corrected chi connectivity index (χ2v) is 5.53. The molecule has 124 valence electrons. The Bertz CT molecular complexity index is 722. The highest BCUT2D eigenvalue weighted by Gasteiger charge is 2.34. The normalized spacial score (nSPS) is 22.2. The van der Waals surface area contributed by atoms with Gasteiger partial charge in [-0.2, -0.15) is 27.8 Å². The highest BCUT2D eigenvalue weighted by atomic mass is 19.4. The van der Waals surface area contributed by atoms with Gasteiger partial charge in [0.1, 0.15) is 12.1 Å². The Labute approximate surface area is 128 Å². The van der Waals surface area contributed by atoms with E-state index in [0.29, 0.717) is 25.7 Å². The third-order valence-electron chi connectivity index (χ3n) is 3.97. The van der Waals surface area contributed by atoms with Crippen LogP contribution >= 0.6 is 0 Å². The first-order chi connectivity index (χ1) is 10.8. The number of halogens is 3. The molecule has 0 atom stereocenters. The molecule has 0 amide bonds. The van der Waals surface area contributed by atoms with E-state index >= 15 is 0 Å². The molecule has 0 aliphatic heterocycles. The summed E-state index contributed by atoms with van der Waals surface area (Å²) >= 11 is 0. The van der Waals surface area contributed by atoms with Crippen molar-refractivity contribution in [2.75, 3.05) is 5.32 Å². The molecule has 2 aromatic rings. The SMILES string of the molecule is O=C(O)C1CCC(Nc2cc(C(F)(F)F)nc3ncnn23)CC1. The molecule has 0 aromatic carbocycles. The van der Waals surface area contributed by atoms with Crippen molar-refractivity contribution in [1.29, 1.82) is 0 Å².